The first-order valence-electron chi connectivity index (χ1n) is 8.59. The van der Waals surface area contributed by atoms with Crippen LogP contribution < -0.4 is 9.80 Å². The minimum absolute atomic E-state index is 0.00144. The van der Waals surface area contributed by atoms with Gasteiger partial charge in [0.2, 0.25) is 11.8 Å². The molecule has 0 aliphatic carbocycles. The molecule has 0 N–H and O–H groups in total. The van der Waals surface area contributed by atoms with Crippen LogP contribution in [0.1, 0.15) is 25.3 Å². The van der Waals surface area contributed by atoms with E-state index < -0.39 is 0 Å². The zero-order valence-corrected chi connectivity index (χ0v) is 16.1. The molecule has 0 bridgehead atoms. The zero-order valence-electron chi connectivity index (χ0n) is 14.5. The maximum atomic E-state index is 12.8. The van der Waals surface area contributed by atoms with Gasteiger partial charge in [0, 0.05) is 37.1 Å². The van der Waals surface area contributed by atoms with Crippen molar-refractivity contribution in [2.24, 2.45) is 0 Å². The standard InChI is InChI=1S/C20H20Cl2N2O2/c1-14(25)23(19-13-16(21)8-9-17(19)22)12-10-20(26)24-11-4-6-15-5-2-3-7-18(15)24/h2-3,5,7-9,13H,4,6,10-12H2,1H3. The van der Waals surface area contributed by atoms with Crippen molar-refractivity contribution in [3.05, 3.63) is 58.1 Å². The maximum Gasteiger partial charge on any atom is 0.228 e. The monoisotopic (exact) mass is 390 g/mol. The molecule has 26 heavy (non-hydrogen) atoms. The molecule has 2 amide bonds. The number of amides is 2. The zero-order chi connectivity index (χ0) is 18.7. The summed E-state index contributed by atoms with van der Waals surface area (Å²) in [7, 11) is 0. The number of benzene rings is 2. The van der Waals surface area contributed by atoms with Crippen LogP contribution in [0.15, 0.2) is 42.5 Å². The minimum Gasteiger partial charge on any atom is -0.312 e. The molecular formula is C20H20Cl2N2O2. The second-order valence-corrected chi connectivity index (χ2v) is 7.14. The average molecular weight is 391 g/mol. The average Bonchev–Trinajstić information content (AvgIpc) is 2.63. The van der Waals surface area contributed by atoms with Crippen LogP contribution in [0.4, 0.5) is 11.4 Å². The molecule has 2 aromatic rings. The lowest BCUT2D eigenvalue weighted by Crippen LogP contribution is -2.39. The molecule has 0 atom stereocenters. The third kappa shape index (κ3) is 4.02. The molecule has 1 aliphatic heterocycles. The molecule has 136 valence electrons. The van der Waals surface area contributed by atoms with Gasteiger partial charge in [0.1, 0.15) is 0 Å². The van der Waals surface area contributed by atoms with Gasteiger partial charge in [-0.25, -0.2) is 0 Å². The van der Waals surface area contributed by atoms with Crippen molar-refractivity contribution in [1.29, 1.82) is 0 Å². The number of rotatable bonds is 4. The summed E-state index contributed by atoms with van der Waals surface area (Å²) < 4.78 is 0. The van der Waals surface area contributed by atoms with Crippen LogP contribution in [0.25, 0.3) is 0 Å². The highest BCUT2D eigenvalue weighted by molar-refractivity contribution is 6.35. The van der Waals surface area contributed by atoms with E-state index >= 15 is 0 Å². The van der Waals surface area contributed by atoms with Crippen LogP contribution in [0, 0.1) is 0 Å². The number of para-hydroxylation sites is 1. The Morgan fingerprint density at radius 2 is 1.92 bits per heavy atom. The second-order valence-electron chi connectivity index (χ2n) is 6.29. The third-order valence-corrected chi connectivity index (χ3v) is 5.09. The molecule has 1 heterocycles. The topological polar surface area (TPSA) is 40.6 Å². The summed E-state index contributed by atoms with van der Waals surface area (Å²) in [5.74, 6) is -0.178. The second kappa shape index (κ2) is 8.11. The van der Waals surface area contributed by atoms with Crippen LogP contribution in [0.5, 0.6) is 0 Å². The molecule has 0 spiro atoms. The van der Waals surface area contributed by atoms with Gasteiger partial charge >= 0.3 is 0 Å². The number of carbonyl (C=O) groups is 2. The number of nitrogens with zero attached hydrogens (tertiary/aromatic N) is 2. The van der Waals surface area contributed by atoms with Crippen molar-refractivity contribution in [2.75, 3.05) is 22.9 Å². The van der Waals surface area contributed by atoms with E-state index in [-0.39, 0.29) is 24.8 Å². The normalized spacial score (nSPS) is 13.3. The first kappa shape index (κ1) is 18.7. The summed E-state index contributed by atoms with van der Waals surface area (Å²) in [5, 5.41) is 0.923. The van der Waals surface area contributed by atoms with Crippen molar-refractivity contribution in [2.45, 2.75) is 26.2 Å². The van der Waals surface area contributed by atoms with Gasteiger partial charge in [0.05, 0.1) is 10.7 Å². The largest absolute Gasteiger partial charge is 0.312 e. The molecule has 6 heteroatoms. The number of hydrogen-bond acceptors (Lipinski definition) is 2. The highest BCUT2D eigenvalue weighted by Crippen LogP contribution is 2.30. The molecule has 0 aromatic heterocycles. The fourth-order valence-corrected chi connectivity index (χ4v) is 3.66. The first-order valence-corrected chi connectivity index (χ1v) is 9.34. The van der Waals surface area contributed by atoms with E-state index in [0.29, 0.717) is 22.3 Å². The first-order chi connectivity index (χ1) is 12.5. The number of halogens is 2. The van der Waals surface area contributed by atoms with Crippen molar-refractivity contribution in [3.8, 4) is 0 Å². The molecule has 0 unspecified atom stereocenters. The quantitative estimate of drug-likeness (QED) is 0.757. The van der Waals surface area contributed by atoms with Crippen molar-refractivity contribution < 1.29 is 9.59 Å². The van der Waals surface area contributed by atoms with Gasteiger partial charge in [-0.2, -0.15) is 0 Å². The Kier molecular flexibility index (Phi) is 5.84. The Morgan fingerprint density at radius 1 is 1.15 bits per heavy atom. The fraction of sp³-hybridized carbons (Fsp3) is 0.300. The van der Waals surface area contributed by atoms with Gasteiger partial charge in [-0.1, -0.05) is 41.4 Å². The summed E-state index contributed by atoms with van der Waals surface area (Å²) in [5.41, 5.74) is 2.69. The lowest BCUT2D eigenvalue weighted by molar-refractivity contribution is -0.118. The summed E-state index contributed by atoms with van der Waals surface area (Å²) in [6.45, 7) is 2.42. The van der Waals surface area contributed by atoms with Crippen LogP contribution in [0.3, 0.4) is 0 Å². The predicted octanol–water partition coefficient (Wildman–Crippen LogP) is 4.72. The number of hydrogen-bond donors (Lipinski definition) is 0. The fourth-order valence-electron chi connectivity index (χ4n) is 3.28. The van der Waals surface area contributed by atoms with E-state index in [1.165, 1.54) is 17.4 Å². The Morgan fingerprint density at radius 3 is 2.69 bits per heavy atom. The van der Waals surface area contributed by atoms with Gasteiger partial charge in [-0.3, -0.25) is 9.59 Å². The molecular weight excluding hydrogens is 371 g/mol. The van der Waals surface area contributed by atoms with E-state index in [1.807, 2.05) is 23.1 Å². The van der Waals surface area contributed by atoms with E-state index in [4.69, 9.17) is 23.2 Å². The van der Waals surface area contributed by atoms with Crippen molar-refractivity contribution in [1.82, 2.24) is 0 Å². The Hall–Kier alpha value is -2.04. The smallest absolute Gasteiger partial charge is 0.228 e. The van der Waals surface area contributed by atoms with Gasteiger partial charge in [0.15, 0.2) is 0 Å². The molecule has 0 radical (unpaired) electrons. The molecule has 4 nitrogen and oxygen atoms in total. The lowest BCUT2D eigenvalue weighted by atomic mass is 10.0. The van der Waals surface area contributed by atoms with E-state index in [0.717, 1.165) is 18.5 Å². The highest BCUT2D eigenvalue weighted by Gasteiger charge is 2.23. The van der Waals surface area contributed by atoms with Crippen molar-refractivity contribution >= 4 is 46.4 Å². The Labute approximate surface area is 163 Å². The van der Waals surface area contributed by atoms with E-state index in [1.54, 1.807) is 18.2 Å². The van der Waals surface area contributed by atoms with Crippen LogP contribution in [0.2, 0.25) is 10.0 Å². The minimum atomic E-state index is -0.180. The van der Waals surface area contributed by atoms with Crippen LogP contribution in [-0.4, -0.2) is 24.9 Å². The molecule has 0 saturated carbocycles. The van der Waals surface area contributed by atoms with Gasteiger partial charge < -0.3 is 9.80 Å². The highest BCUT2D eigenvalue weighted by atomic mass is 35.5. The van der Waals surface area contributed by atoms with E-state index in [2.05, 4.69) is 6.07 Å². The lowest BCUT2D eigenvalue weighted by Gasteiger charge is -2.30. The SMILES string of the molecule is CC(=O)N(CCC(=O)N1CCCc2ccccc21)c1cc(Cl)ccc1Cl. The molecule has 3 rings (SSSR count). The Bertz CT molecular complexity index is 838. The maximum absolute atomic E-state index is 12.8. The third-order valence-electron chi connectivity index (χ3n) is 4.54. The summed E-state index contributed by atoms with van der Waals surface area (Å²) in [6, 6.07) is 12.9. The number of carbonyl (C=O) groups excluding carboxylic acids is 2. The number of aryl methyl sites for hydroxylation is 1. The van der Waals surface area contributed by atoms with E-state index in [9.17, 15) is 9.59 Å². The van der Waals surface area contributed by atoms with Gasteiger partial charge in [-0.05, 0) is 42.7 Å². The molecule has 1 aliphatic rings. The van der Waals surface area contributed by atoms with Gasteiger partial charge in [0.25, 0.3) is 0 Å². The number of fused-ring (bicyclic) bond motifs is 1. The molecule has 0 saturated heterocycles. The predicted molar refractivity (Wildman–Crippen MR) is 106 cm³/mol. The summed E-state index contributed by atoms with van der Waals surface area (Å²) in [4.78, 5) is 28.2. The van der Waals surface area contributed by atoms with Gasteiger partial charge in [-0.15, -0.1) is 0 Å². The van der Waals surface area contributed by atoms with Crippen molar-refractivity contribution in [3.63, 3.8) is 0 Å². The summed E-state index contributed by atoms with van der Waals surface area (Å²) in [6.07, 6.45) is 2.15. The van der Waals surface area contributed by atoms with Crippen LogP contribution >= 0.6 is 23.2 Å². The molecule has 2 aromatic carbocycles. The molecule has 0 fully saturated rings. The summed E-state index contributed by atoms with van der Waals surface area (Å²) >= 11 is 12.3. The number of anilines is 2. The Balaban J connectivity index is 1.75. The van der Waals surface area contributed by atoms with Crippen LogP contribution in [-0.2, 0) is 16.0 Å².